The zero-order chi connectivity index (χ0) is 13.7. The molecule has 1 aromatic rings. The van der Waals surface area contributed by atoms with E-state index in [2.05, 4.69) is 26.1 Å². The Hall–Kier alpha value is -0.850. The first kappa shape index (κ1) is 15.2. The number of rotatable bonds is 6. The number of nitrogens with zero attached hydrogens (tertiary/aromatic N) is 1. The molecule has 0 spiro atoms. The fraction of sp³-hybridized carbons (Fsp3) is 0.538. The average molecular weight is 362 g/mol. The Morgan fingerprint density at radius 2 is 2.11 bits per heavy atom. The second-order valence-corrected chi connectivity index (χ2v) is 5.88. The molecule has 18 heavy (non-hydrogen) atoms. The third-order valence-electron chi connectivity index (χ3n) is 3.01. The van der Waals surface area contributed by atoms with Crippen LogP contribution in [0.4, 0.5) is 11.4 Å². The van der Waals surface area contributed by atoms with E-state index < -0.39 is 0 Å². The lowest BCUT2D eigenvalue weighted by Crippen LogP contribution is -2.18. The smallest absolute Gasteiger partial charge is 0.282 e. The lowest BCUT2D eigenvalue weighted by Gasteiger charge is -2.18. The van der Waals surface area contributed by atoms with Gasteiger partial charge in [-0.25, -0.2) is 0 Å². The van der Waals surface area contributed by atoms with Crippen LogP contribution < -0.4 is 5.32 Å². The molecule has 2 atom stereocenters. The Balaban J connectivity index is 2.68. The lowest BCUT2D eigenvalue weighted by atomic mass is 10.0. The van der Waals surface area contributed by atoms with E-state index in [0.29, 0.717) is 15.5 Å². The number of nitrogens with one attached hydrogen (secondary N) is 1. The van der Waals surface area contributed by atoms with Crippen molar-refractivity contribution >= 4 is 34.0 Å². The van der Waals surface area contributed by atoms with Gasteiger partial charge < -0.3 is 5.32 Å². The van der Waals surface area contributed by atoms with E-state index in [0.717, 1.165) is 12.1 Å². The number of anilines is 1. The molecular weight excluding hydrogens is 343 g/mol. The van der Waals surface area contributed by atoms with Crippen LogP contribution in [0, 0.1) is 19.6 Å². The van der Waals surface area contributed by atoms with E-state index in [4.69, 9.17) is 0 Å². The van der Waals surface area contributed by atoms with Gasteiger partial charge in [0.15, 0.2) is 0 Å². The molecule has 0 aliphatic heterocycles. The maximum Gasteiger partial charge on any atom is 0.282 e. The standard InChI is InChI=1S/C13H19IN2O2/c1-4-9(2)7-10(3)15-11-5-6-13(16(17)18)12(14)8-11/h5-6,8-10,15H,4,7H2,1-3H3. The molecular formula is C13H19IN2O2. The molecule has 5 heteroatoms. The van der Waals surface area contributed by atoms with Crippen LogP contribution in [0.25, 0.3) is 0 Å². The van der Waals surface area contributed by atoms with Gasteiger partial charge in [0.1, 0.15) is 0 Å². The normalized spacial score (nSPS) is 14.0. The van der Waals surface area contributed by atoms with Gasteiger partial charge in [-0.1, -0.05) is 20.3 Å². The molecule has 0 saturated carbocycles. The minimum Gasteiger partial charge on any atom is -0.383 e. The minimum atomic E-state index is -0.353. The number of hydrogen-bond donors (Lipinski definition) is 1. The maximum atomic E-state index is 10.7. The van der Waals surface area contributed by atoms with Gasteiger partial charge in [0.25, 0.3) is 5.69 Å². The first-order valence-corrected chi connectivity index (χ1v) is 7.22. The molecule has 1 rings (SSSR count). The number of nitro groups is 1. The van der Waals surface area contributed by atoms with E-state index in [9.17, 15) is 10.1 Å². The molecule has 0 fully saturated rings. The van der Waals surface area contributed by atoms with Gasteiger partial charge in [-0.2, -0.15) is 0 Å². The van der Waals surface area contributed by atoms with Crippen molar-refractivity contribution < 1.29 is 4.92 Å². The summed E-state index contributed by atoms with van der Waals surface area (Å²) in [4.78, 5) is 10.4. The van der Waals surface area contributed by atoms with Crippen LogP contribution in [0.2, 0.25) is 0 Å². The predicted molar refractivity (Wildman–Crippen MR) is 83.0 cm³/mol. The Bertz CT molecular complexity index is 423. The van der Waals surface area contributed by atoms with Crippen LogP contribution in [0.5, 0.6) is 0 Å². The molecule has 0 amide bonds. The molecule has 4 nitrogen and oxygen atoms in total. The molecule has 100 valence electrons. The molecule has 0 radical (unpaired) electrons. The molecule has 0 heterocycles. The highest BCUT2D eigenvalue weighted by Crippen LogP contribution is 2.25. The third-order valence-corrected chi connectivity index (χ3v) is 3.87. The largest absolute Gasteiger partial charge is 0.383 e. The summed E-state index contributed by atoms with van der Waals surface area (Å²) >= 11 is 2.00. The molecule has 0 aromatic heterocycles. The minimum absolute atomic E-state index is 0.163. The summed E-state index contributed by atoms with van der Waals surface area (Å²) < 4.78 is 0.665. The predicted octanol–water partition coefficient (Wildman–Crippen LogP) is 4.44. The third kappa shape index (κ3) is 4.44. The average Bonchev–Trinajstić information content (AvgIpc) is 2.28. The van der Waals surface area contributed by atoms with Crippen LogP contribution in [0.1, 0.15) is 33.6 Å². The molecule has 2 unspecified atom stereocenters. The van der Waals surface area contributed by atoms with E-state index in [-0.39, 0.29) is 10.6 Å². The van der Waals surface area contributed by atoms with Crippen LogP contribution in [-0.2, 0) is 0 Å². The Kier molecular flexibility index (Phi) is 5.84. The molecule has 0 saturated heterocycles. The van der Waals surface area contributed by atoms with Gasteiger partial charge in [-0.3, -0.25) is 10.1 Å². The van der Waals surface area contributed by atoms with E-state index in [1.54, 1.807) is 12.1 Å². The second-order valence-electron chi connectivity index (χ2n) is 4.72. The van der Waals surface area contributed by atoms with Crippen LogP contribution in [0.3, 0.4) is 0 Å². The van der Waals surface area contributed by atoms with Crippen molar-refractivity contribution in [3.63, 3.8) is 0 Å². The van der Waals surface area contributed by atoms with Crippen molar-refractivity contribution in [3.05, 3.63) is 31.9 Å². The van der Waals surface area contributed by atoms with Crippen molar-refractivity contribution in [1.82, 2.24) is 0 Å². The molecule has 1 N–H and O–H groups in total. The number of nitro benzene ring substituents is 1. The van der Waals surface area contributed by atoms with Crippen molar-refractivity contribution in [2.45, 2.75) is 39.7 Å². The first-order chi connectivity index (χ1) is 8.43. The molecule has 0 aliphatic rings. The van der Waals surface area contributed by atoms with Gasteiger partial charge in [-0.05, 0) is 54.0 Å². The fourth-order valence-electron chi connectivity index (χ4n) is 1.86. The van der Waals surface area contributed by atoms with Gasteiger partial charge in [0.05, 0.1) is 8.49 Å². The number of hydrogen-bond acceptors (Lipinski definition) is 3. The fourth-order valence-corrected chi connectivity index (χ4v) is 2.57. The summed E-state index contributed by atoms with van der Waals surface area (Å²) in [6.07, 6.45) is 2.27. The highest BCUT2D eigenvalue weighted by Gasteiger charge is 2.13. The summed E-state index contributed by atoms with van der Waals surface area (Å²) in [5.41, 5.74) is 1.11. The van der Waals surface area contributed by atoms with Crippen LogP contribution in [-0.4, -0.2) is 11.0 Å². The Morgan fingerprint density at radius 3 is 2.61 bits per heavy atom. The lowest BCUT2D eigenvalue weighted by molar-refractivity contribution is -0.385. The maximum absolute atomic E-state index is 10.7. The zero-order valence-electron chi connectivity index (χ0n) is 10.9. The van der Waals surface area contributed by atoms with Crippen LogP contribution >= 0.6 is 22.6 Å². The number of benzene rings is 1. The van der Waals surface area contributed by atoms with Gasteiger partial charge in [0.2, 0.25) is 0 Å². The zero-order valence-corrected chi connectivity index (χ0v) is 13.1. The number of halogens is 1. The molecule has 0 aliphatic carbocycles. The van der Waals surface area contributed by atoms with E-state index >= 15 is 0 Å². The Morgan fingerprint density at radius 1 is 1.44 bits per heavy atom. The highest BCUT2D eigenvalue weighted by molar-refractivity contribution is 14.1. The summed E-state index contributed by atoms with van der Waals surface area (Å²) in [7, 11) is 0. The molecule has 1 aromatic carbocycles. The van der Waals surface area contributed by atoms with E-state index in [1.807, 2.05) is 28.7 Å². The van der Waals surface area contributed by atoms with E-state index in [1.165, 1.54) is 6.42 Å². The summed E-state index contributed by atoms with van der Waals surface area (Å²) in [6.45, 7) is 6.56. The SMILES string of the molecule is CCC(C)CC(C)Nc1ccc([N+](=O)[O-])c(I)c1. The van der Waals surface area contributed by atoms with Crippen molar-refractivity contribution in [1.29, 1.82) is 0 Å². The summed E-state index contributed by atoms with van der Waals surface area (Å²) in [5, 5.41) is 14.1. The topological polar surface area (TPSA) is 55.2 Å². The van der Waals surface area contributed by atoms with Gasteiger partial charge >= 0.3 is 0 Å². The van der Waals surface area contributed by atoms with Crippen LogP contribution in [0.15, 0.2) is 18.2 Å². The van der Waals surface area contributed by atoms with Gasteiger partial charge in [-0.15, -0.1) is 0 Å². The van der Waals surface area contributed by atoms with Gasteiger partial charge in [0, 0.05) is 17.8 Å². The quantitative estimate of drug-likeness (QED) is 0.463. The Labute approximate surface area is 121 Å². The first-order valence-electron chi connectivity index (χ1n) is 6.14. The van der Waals surface area contributed by atoms with Crippen molar-refractivity contribution in [2.75, 3.05) is 5.32 Å². The highest BCUT2D eigenvalue weighted by atomic mass is 127. The monoisotopic (exact) mass is 362 g/mol. The summed E-state index contributed by atoms with van der Waals surface area (Å²) in [6, 6.07) is 5.52. The molecule has 0 bridgehead atoms. The van der Waals surface area contributed by atoms with Crippen molar-refractivity contribution in [2.24, 2.45) is 5.92 Å². The summed E-state index contributed by atoms with van der Waals surface area (Å²) in [5.74, 6) is 0.685. The van der Waals surface area contributed by atoms with Crippen molar-refractivity contribution in [3.8, 4) is 0 Å². The second kappa shape index (κ2) is 6.92.